The number of likely N-dealkylation sites (tertiary alicyclic amines) is 1. The van der Waals surface area contributed by atoms with Crippen LogP contribution in [0.2, 0.25) is 5.02 Å². The molecule has 1 saturated heterocycles. The molecular weight excluding hydrogens is 328 g/mol. The minimum Gasteiger partial charge on any atom is -0.482 e. The molecule has 0 aromatic heterocycles. The summed E-state index contributed by atoms with van der Waals surface area (Å²) in [6.45, 7) is 6.40. The lowest BCUT2D eigenvalue weighted by Crippen LogP contribution is -2.44. The van der Waals surface area contributed by atoms with Gasteiger partial charge in [-0.15, -0.1) is 6.58 Å². The number of nitrogens with two attached hydrogens (primary N) is 1. The molecule has 5 nitrogen and oxygen atoms in total. The van der Waals surface area contributed by atoms with E-state index in [1.165, 1.54) is 0 Å². The third-order valence-electron chi connectivity index (χ3n) is 4.43. The molecule has 1 fully saturated rings. The first-order chi connectivity index (χ1) is 11.5. The fraction of sp³-hybridized carbons (Fsp3) is 0.500. The van der Waals surface area contributed by atoms with Gasteiger partial charge in [0, 0.05) is 18.5 Å². The van der Waals surface area contributed by atoms with E-state index in [9.17, 15) is 9.90 Å². The number of piperidine rings is 1. The maximum atomic E-state index is 10.8. The van der Waals surface area contributed by atoms with Crippen LogP contribution >= 0.6 is 11.6 Å². The SMILES string of the molecule is C=CC[C@]1(CO)CCCN(Cc2ccc(OCC(N)=O)c(Cl)c2)C1. The number of hydrogen-bond donors (Lipinski definition) is 2. The van der Waals surface area contributed by atoms with Gasteiger partial charge in [-0.3, -0.25) is 9.69 Å². The molecule has 1 aliphatic rings. The number of hydrogen-bond acceptors (Lipinski definition) is 4. The molecular formula is C18H25ClN2O3. The maximum absolute atomic E-state index is 10.8. The Kier molecular flexibility index (Phi) is 6.66. The van der Waals surface area contributed by atoms with E-state index < -0.39 is 5.91 Å². The highest BCUT2D eigenvalue weighted by molar-refractivity contribution is 6.32. The number of primary amides is 1. The Morgan fingerprint density at radius 3 is 2.96 bits per heavy atom. The second-order valence-electron chi connectivity index (χ2n) is 6.48. The fourth-order valence-electron chi connectivity index (χ4n) is 3.28. The van der Waals surface area contributed by atoms with E-state index in [1.807, 2.05) is 18.2 Å². The first kappa shape index (κ1) is 18.8. The topological polar surface area (TPSA) is 75.8 Å². The van der Waals surface area contributed by atoms with Crippen molar-refractivity contribution in [2.75, 3.05) is 26.3 Å². The van der Waals surface area contributed by atoms with Gasteiger partial charge in [-0.05, 0) is 43.5 Å². The van der Waals surface area contributed by atoms with Gasteiger partial charge in [0.25, 0.3) is 5.91 Å². The smallest absolute Gasteiger partial charge is 0.255 e. The highest BCUT2D eigenvalue weighted by Gasteiger charge is 2.33. The molecule has 0 spiro atoms. The Labute approximate surface area is 148 Å². The molecule has 2 rings (SSSR count). The fourth-order valence-corrected chi connectivity index (χ4v) is 3.54. The molecule has 1 aromatic rings. The van der Waals surface area contributed by atoms with Gasteiger partial charge in [0.05, 0.1) is 11.6 Å². The van der Waals surface area contributed by atoms with Crippen LogP contribution in [0.1, 0.15) is 24.8 Å². The zero-order valence-electron chi connectivity index (χ0n) is 13.8. The molecule has 1 atom stereocenters. The molecule has 0 unspecified atom stereocenters. The predicted octanol–water partition coefficient (Wildman–Crippen LogP) is 2.35. The van der Waals surface area contributed by atoms with Crippen molar-refractivity contribution in [3.63, 3.8) is 0 Å². The molecule has 6 heteroatoms. The molecule has 0 aliphatic carbocycles. The zero-order chi connectivity index (χ0) is 17.6. The van der Waals surface area contributed by atoms with Gasteiger partial charge in [0.15, 0.2) is 6.61 Å². The van der Waals surface area contributed by atoms with Crippen LogP contribution in [0.25, 0.3) is 0 Å². The zero-order valence-corrected chi connectivity index (χ0v) is 14.6. The summed E-state index contributed by atoms with van der Waals surface area (Å²) < 4.78 is 5.26. The molecule has 132 valence electrons. The van der Waals surface area contributed by atoms with Crippen LogP contribution in [-0.2, 0) is 11.3 Å². The number of benzene rings is 1. The van der Waals surface area contributed by atoms with Crippen LogP contribution in [0.15, 0.2) is 30.9 Å². The van der Waals surface area contributed by atoms with Crippen molar-refractivity contribution in [1.82, 2.24) is 4.90 Å². The van der Waals surface area contributed by atoms with Crippen LogP contribution in [0.4, 0.5) is 0 Å². The van der Waals surface area contributed by atoms with Gasteiger partial charge in [-0.1, -0.05) is 23.7 Å². The minimum atomic E-state index is -0.536. The highest BCUT2D eigenvalue weighted by atomic mass is 35.5. The largest absolute Gasteiger partial charge is 0.482 e. The quantitative estimate of drug-likeness (QED) is 0.704. The van der Waals surface area contributed by atoms with Crippen LogP contribution in [-0.4, -0.2) is 42.2 Å². The Hall–Kier alpha value is -1.56. The second kappa shape index (κ2) is 8.51. The summed E-state index contributed by atoms with van der Waals surface area (Å²) in [6.07, 6.45) is 4.79. The number of aliphatic hydroxyl groups is 1. The van der Waals surface area contributed by atoms with Crippen molar-refractivity contribution >= 4 is 17.5 Å². The van der Waals surface area contributed by atoms with Gasteiger partial charge in [-0.2, -0.15) is 0 Å². The molecule has 0 radical (unpaired) electrons. The van der Waals surface area contributed by atoms with Crippen molar-refractivity contribution in [2.45, 2.75) is 25.8 Å². The van der Waals surface area contributed by atoms with E-state index >= 15 is 0 Å². The molecule has 1 aliphatic heterocycles. The van der Waals surface area contributed by atoms with Gasteiger partial charge < -0.3 is 15.6 Å². The summed E-state index contributed by atoms with van der Waals surface area (Å²) in [5, 5.41) is 10.3. The van der Waals surface area contributed by atoms with Crippen molar-refractivity contribution in [3.8, 4) is 5.75 Å². The molecule has 1 aromatic carbocycles. The van der Waals surface area contributed by atoms with Crippen LogP contribution in [0, 0.1) is 5.41 Å². The first-order valence-electron chi connectivity index (χ1n) is 8.12. The van der Waals surface area contributed by atoms with Gasteiger partial charge in [0.1, 0.15) is 5.75 Å². The Bertz CT molecular complexity index is 594. The summed E-state index contributed by atoms with van der Waals surface area (Å²) in [5.74, 6) is -0.0831. The summed E-state index contributed by atoms with van der Waals surface area (Å²) in [4.78, 5) is 13.1. The molecule has 3 N–H and O–H groups in total. The van der Waals surface area contributed by atoms with Crippen LogP contribution in [0.3, 0.4) is 0 Å². The Balaban J connectivity index is 2.01. The normalized spacial score (nSPS) is 21.4. The van der Waals surface area contributed by atoms with E-state index in [4.69, 9.17) is 22.1 Å². The lowest BCUT2D eigenvalue weighted by Gasteiger charge is -2.41. The first-order valence-corrected chi connectivity index (χ1v) is 8.49. The van der Waals surface area contributed by atoms with E-state index in [2.05, 4.69) is 11.5 Å². The minimum absolute atomic E-state index is 0.0890. The standard InChI is InChI=1S/C18H25ClN2O3/c1-2-6-18(13-22)7-3-8-21(12-18)10-14-4-5-16(15(19)9-14)24-11-17(20)23/h2,4-5,9,22H,1,3,6-8,10-13H2,(H2,20,23)/t18-/m0/s1. The van der Waals surface area contributed by atoms with E-state index in [1.54, 1.807) is 6.07 Å². The average Bonchev–Trinajstić information content (AvgIpc) is 2.54. The van der Waals surface area contributed by atoms with E-state index in [-0.39, 0.29) is 18.6 Å². The van der Waals surface area contributed by atoms with Crippen LogP contribution < -0.4 is 10.5 Å². The number of aliphatic hydroxyl groups excluding tert-OH is 1. The molecule has 1 amide bonds. The number of carbonyl (C=O) groups excluding carboxylic acids is 1. The molecule has 0 saturated carbocycles. The number of halogens is 1. The average molecular weight is 353 g/mol. The number of nitrogens with zero attached hydrogens (tertiary/aromatic N) is 1. The number of carbonyl (C=O) groups is 1. The summed E-state index contributed by atoms with van der Waals surface area (Å²) in [5.41, 5.74) is 6.05. The molecule has 1 heterocycles. The Morgan fingerprint density at radius 2 is 2.33 bits per heavy atom. The Morgan fingerprint density at radius 1 is 1.54 bits per heavy atom. The van der Waals surface area contributed by atoms with Crippen molar-refractivity contribution in [1.29, 1.82) is 0 Å². The molecule has 0 bridgehead atoms. The van der Waals surface area contributed by atoms with E-state index in [0.29, 0.717) is 10.8 Å². The number of rotatable bonds is 8. The third-order valence-corrected chi connectivity index (χ3v) is 4.72. The van der Waals surface area contributed by atoms with Crippen molar-refractivity contribution in [2.24, 2.45) is 11.1 Å². The van der Waals surface area contributed by atoms with Gasteiger partial charge in [-0.25, -0.2) is 0 Å². The molecule has 24 heavy (non-hydrogen) atoms. The predicted molar refractivity (Wildman–Crippen MR) is 95.0 cm³/mol. The van der Waals surface area contributed by atoms with Crippen molar-refractivity contribution in [3.05, 3.63) is 41.4 Å². The second-order valence-corrected chi connectivity index (χ2v) is 6.89. The number of allylic oxidation sites excluding steroid dienone is 1. The van der Waals surface area contributed by atoms with Gasteiger partial charge in [0.2, 0.25) is 0 Å². The summed E-state index contributed by atoms with van der Waals surface area (Å²) in [6, 6.07) is 5.54. The number of amides is 1. The van der Waals surface area contributed by atoms with Gasteiger partial charge >= 0.3 is 0 Å². The summed E-state index contributed by atoms with van der Waals surface area (Å²) in [7, 11) is 0. The highest BCUT2D eigenvalue weighted by Crippen LogP contribution is 2.34. The summed E-state index contributed by atoms with van der Waals surface area (Å²) >= 11 is 6.21. The van der Waals surface area contributed by atoms with E-state index in [0.717, 1.165) is 44.5 Å². The maximum Gasteiger partial charge on any atom is 0.255 e. The van der Waals surface area contributed by atoms with Crippen LogP contribution in [0.5, 0.6) is 5.75 Å². The lowest BCUT2D eigenvalue weighted by atomic mass is 9.78. The monoisotopic (exact) mass is 352 g/mol. The number of ether oxygens (including phenoxy) is 1. The third kappa shape index (κ3) is 4.97. The van der Waals surface area contributed by atoms with Crippen molar-refractivity contribution < 1.29 is 14.6 Å². The lowest BCUT2D eigenvalue weighted by molar-refractivity contribution is -0.119.